The molecule has 168 valence electrons. The molecule has 0 rings (SSSR count). The number of carboxylic acid groups (broad SMARTS) is 1. The highest BCUT2D eigenvalue weighted by atomic mass is 16.4. The Bertz CT molecular complexity index is 337. The van der Waals surface area contributed by atoms with Crippen LogP contribution >= 0.6 is 0 Å². The van der Waals surface area contributed by atoms with Gasteiger partial charge in [-0.25, -0.2) is 0 Å². The van der Waals surface area contributed by atoms with E-state index in [-0.39, 0.29) is 6.54 Å². The van der Waals surface area contributed by atoms with Gasteiger partial charge in [-0.1, -0.05) is 78.1 Å². The number of hydrogen-bond donors (Lipinski definition) is 3. The average molecular weight is 401 g/mol. The Kier molecular flexibility index (Phi) is 19.1. The van der Waals surface area contributed by atoms with Crippen LogP contribution in [0.25, 0.3) is 0 Å². The summed E-state index contributed by atoms with van der Waals surface area (Å²) in [5.41, 5.74) is 11.4. The van der Waals surface area contributed by atoms with Crippen LogP contribution in [0, 0.1) is 0 Å². The van der Waals surface area contributed by atoms with Crippen LogP contribution < -0.4 is 11.5 Å². The Labute approximate surface area is 174 Å². The first-order chi connectivity index (χ1) is 13.5. The van der Waals surface area contributed by atoms with Gasteiger partial charge in [-0.3, -0.25) is 9.69 Å². The first kappa shape index (κ1) is 27.3. The molecule has 0 saturated carbocycles. The van der Waals surface area contributed by atoms with Crippen molar-refractivity contribution in [2.24, 2.45) is 11.5 Å². The predicted octanol–water partition coefficient (Wildman–Crippen LogP) is 3.64. The highest BCUT2D eigenvalue weighted by Crippen LogP contribution is 2.09. The molecule has 0 aliphatic carbocycles. The van der Waals surface area contributed by atoms with Crippen molar-refractivity contribution in [3.8, 4) is 0 Å². The van der Waals surface area contributed by atoms with E-state index in [1.54, 1.807) is 0 Å². The van der Waals surface area contributed by atoms with Crippen LogP contribution in [0.4, 0.5) is 0 Å². The van der Waals surface area contributed by atoms with E-state index in [2.05, 4.69) is 18.7 Å². The molecule has 5 N–H and O–H groups in total. The molecule has 0 fully saturated rings. The van der Waals surface area contributed by atoms with E-state index in [4.69, 9.17) is 16.6 Å². The van der Waals surface area contributed by atoms with Crippen molar-refractivity contribution in [3.63, 3.8) is 0 Å². The van der Waals surface area contributed by atoms with Gasteiger partial charge in [0, 0.05) is 19.6 Å². The summed E-state index contributed by atoms with van der Waals surface area (Å²) in [4.78, 5) is 15.5. The van der Waals surface area contributed by atoms with Gasteiger partial charge < -0.3 is 21.5 Å². The number of unbranched alkanes of at least 4 members (excludes halogenated alkanes) is 10. The molecule has 0 atom stereocenters. The summed E-state index contributed by atoms with van der Waals surface area (Å²) in [6.45, 7) is 8.75. The number of hydrogen-bond acceptors (Lipinski definition) is 5. The fourth-order valence-corrected chi connectivity index (χ4v) is 3.57. The molecule has 0 unspecified atom stereocenters. The second-order valence-corrected chi connectivity index (χ2v) is 8.17. The van der Waals surface area contributed by atoms with Crippen LogP contribution in [-0.4, -0.2) is 66.3 Å². The SMILES string of the molecule is CCCCCCCCN(CCCCCCCC)CCN(CC(=O)O)CC(N)N. The van der Waals surface area contributed by atoms with E-state index in [0.29, 0.717) is 13.1 Å². The molecule has 0 aliphatic rings. The summed E-state index contributed by atoms with van der Waals surface area (Å²) in [5, 5.41) is 9.11. The Hall–Kier alpha value is -0.690. The highest BCUT2D eigenvalue weighted by Gasteiger charge is 2.14. The Morgan fingerprint density at radius 1 is 0.714 bits per heavy atom. The standard InChI is InChI=1S/C22H48N4O2/c1-3-5-7-9-11-13-15-25(16-14-12-10-8-6-4-2)17-18-26(19-21(23)24)20-22(27)28/h21H,3-20,23-24H2,1-2H3,(H,27,28). The van der Waals surface area contributed by atoms with Crippen LogP contribution in [0.5, 0.6) is 0 Å². The van der Waals surface area contributed by atoms with Crippen molar-refractivity contribution >= 4 is 5.97 Å². The number of carbonyl (C=O) groups is 1. The summed E-state index contributed by atoms with van der Waals surface area (Å²) in [5.74, 6) is -0.820. The topological polar surface area (TPSA) is 95.8 Å². The molecule has 28 heavy (non-hydrogen) atoms. The lowest BCUT2D eigenvalue weighted by molar-refractivity contribution is -0.138. The van der Waals surface area contributed by atoms with Gasteiger partial charge >= 0.3 is 5.97 Å². The van der Waals surface area contributed by atoms with Crippen LogP contribution in [0.1, 0.15) is 90.9 Å². The van der Waals surface area contributed by atoms with Gasteiger partial charge in [0.1, 0.15) is 0 Å². The molecule has 6 heteroatoms. The third-order valence-electron chi connectivity index (χ3n) is 5.22. The molecule has 0 aromatic heterocycles. The fraction of sp³-hybridized carbons (Fsp3) is 0.955. The molecule has 0 aliphatic heterocycles. The second-order valence-electron chi connectivity index (χ2n) is 8.17. The van der Waals surface area contributed by atoms with Gasteiger partial charge in [0.25, 0.3) is 0 Å². The number of carboxylic acids is 1. The van der Waals surface area contributed by atoms with Crippen molar-refractivity contribution < 1.29 is 9.90 Å². The highest BCUT2D eigenvalue weighted by molar-refractivity contribution is 5.69. The minimum Gasteiger partial charge on any atom is -0.480 e. The maximum atomic E-state index is 11.1. The minimum atomic E-state index is -0.820. The van der Waals surface area contributed by atoms with Crippen molar-refractivity contribution in [1.29, 1.82) is 0 Å². The summed E-state index contributed by atoms with van der Waals surface area (Å²) in [6.07, 6.45) is 15.1. The van der Waals surface area contributed by atoms with Gasteiger partial charge in [-0.2, -0.15) is 0 Å². The van der Waals surface area contributed by atoms with Crippen LogP contribution in [0.15, 0.2) is 0 Å². The normalized spacial score (nSPS) is 11.8. The molecule has 0 amide bonds. The smallest absolute Gasteiger partial charge is 0.317 e. The molecule has 0 aromatic rings. The molecule has 0 bridgehead atoms. The minimum absolute atomic E-state index is 0.00672. The van der Waals surface area contributed by atoms with Gasteiger partial charge in [-0.05, 0) is 25.9 Å². The molecule has 0 spiro atoms. The lowest BCUT2D eigenvalue weighted by Gasteiger charge is -2.27. The van der Waals surface area contributed by atoms with Crippen molar-refractivity contribution in [2.75, 3.05) is 39.3 Å². The van der Waals surface area contributed by atoms with E-state index in [1.165, 1.54) is 77.0 Å². The number of aliphatic carboxylic acids is 1. The largest absolute Gasteiger partial charge is 0.480 e. The van der Waals surface area contributed by atoms with E-state index in [9.17, 15) is 4.79 Å². The Balaban J connectivity index is 4.31. The number of nitrogens with zero attached hydrogens (tertiary/aromatic N) is 2. The molecule has 0 saturated heterocycles. The summed E-state index contributed by atoms with van der Waals surface area (Å²) < 4.78 is 0. The Morgan fingerprint density at radius 2 is 1.14 bits per heavy atom. The maximum absolute atomic E-state index is 11.1. The van der Waals surface area contributed by atoms with Crippen molar-refractivity contribution in [3.05, 3.63) is 0 Å². The van der Waals surface area contributed by atoms with Gasteiger partial charge in [-0.15, -0.1) is 0 Å². The molecular formula is C22H48N4O2. The molecule has 6 nitrogen and oxygen atoms in total. The third-order valence-corrected chi connectivity index (χ3v) is 5.22. The molecule has 0 aromatic carbocycles. The van der Waals surface area contributed by atoms with E-state index >= 15 is 0 Å². The van der Waals surface area contributed by atoms with Gasteiger partial charge in [0.05, 0.1) is 12.7 Å². The zero-order chi connectivity index (χ0) is 21.0. The van der Waals surface area contributed by atoms with Gasteiger partial charge in [0.2, 0.25) is 0 Å². The van der Waals surface area contributed by atoms with Crippen LogP contribution in [0.2, 0.25) is 0 Å². The van der Waals surface area contributed by atoms with Crippen molar-refractivity contribution in [1.82, 2.24) is 9.80 Å². The summed E-state index contributed by atoms with van der Waals surface area (Å²) >= 11 is 0. The molecular weight excluding hydrogens is 352 g/mol. The molecule has 0 heterocycles. The van der Waals surface area contributed by atoms with E-state index in [0.717, 1.165) is 19.6 Å². The summed E-state index contributed by atoms with van der Waals surface area (Å²) in [6, 6.07) is 0. The monoisotopic (exact) mass is 400 g/mol. The lowest BCUT2D eigenvalue weighted by Crippen LogP contribution is -2.47. The maximum Gasteiger partial charge on any atom is 0.317 e. The number of nitrogens with two attached hydrogens (primary N) is 2. The third kappa shape index (κ3) is 18.7. The summed E-state index contributed by atoms with van der Waals surface area (Å²) in [7, 11) is 0. The Morgan fingerprint density at radius 3 is 1.57 bits per heavy atom. The fourth-order valence-electron chi connectivity index (χ4n) is 3.57. The van der Waals surface area contributed by atoms with Crippen molar-refractivity contribution in [2.45, 2.75) is 97.1 Å². The first-order valence-corrected chi connectivity index (χ1v) is 11.7. The lowest BCUT2D eigenvalue weighted by atomic mass is 10.1. The van der Waals surface area contributed by atoms with E-state index < -0.39 is 12.1 Å². The zero-order valence-electron chi connectivity index (χ0n) is 18.7. The van der Waals surface area contributed by atoms with E-state index in [1.807, 2.05) is 4.90 Å². The quantitative estimate of drug-likeness (QED) is 0.201. The first-order valence-electron chi connectivity index (χ1n) is 11.7. The van der Waals surface area contributed by atoms with Gasteiger partial charge in [0.15, 0.2) is 0 Å². The zero-order valence-corrected chi connectivity index (χ0v) is 18.7. The molecule has 0 radical (unpaired) electrons. The number of rotatable bonds is 21. The van der Waals surface area contributed by atoms with Crippen LogP contribution in [0.3, 0.4) is 0 Å². The van der Waals surface area contributed by atoms with Crippen LogP contribution in [-0.2, 0) is 4.79 Å². The second kappa shape index (κ2) is 19.6. The predicted molar refractivity (Wildman–Crippen MR) is 119 cm³/mol. The average Bonchev–Trinajstić information content (AvgIpc) is 2.63.